The van der Waals surface area contributed by atoms with Crippen LogP contribution in [0, 0.1) is 13.8 Å². The first kappa shape index (κ1) is 37.8. The van der Waals surface area contributed by atoms with Crippen LogP contribution in [0.15, 0.2) is 48.5 Å². The van der Waals surface area contributed by atoms with Gasteiger partial charge >= 0.3 is 12.1 Å². The molecule has 46 heavy (non-hydrogen) atoms. The summed E-state index contributed by atoms with van der Waals surface area (Å²) in [5.41, 5.74) is 6.75. The van der Waals surface area contributed by atoms with Crippen LogP contribution < -0.4 is 16.4 Å². The summed E-state index contributed by atoms with van der Waals surface area (Å²) in [6.07, 6.45) is -1.31. The number of hydrogen-bond acceptors (Lipinski definition) is 7. The van der Waals surface area contributed by atoms with Crippen LogP contribution in [0.3, 0.4) is 0 Å². The van der Waals surface area contributed by atoms with E-state index in [0.29, 0.717) is 5.56 Å². The molecule has 0 aliphatic heterocycles. The SMILES string of the molecule is Cc1ccc(C(C(=O)NC(Cc2ccccc2)C(=O)OC(C)(C)C)N(C(=O)C(CC(N)=O)NC(=O)OC(C)(C)C)C(C)C)c(C)c1. The number of aryl methyl sites for hydroxylation is 2. The van der Waals surface area contributed by atoms with Crippen LogP contribution >= 0.6 is 0 Å². The first-order valence-electron chi connectivity index (χ1n) is 15.4. The van der Waals surface area contributed by atoms with E-state index in [4.69, 9.17) is 15.2 Å². The highest BCUT2D eigenvalue weighted by Gasteiger charge is 2.40. The lowest BCUT2D eigenvalue weighted by atomic mass is 9.94. The van der Waals surface area contributed by atoms with Gasteiger partial charge in [0.05, 0.1) is 6.42 Å². The second-order valence-corrected chi connectivity index (χ2v) is 13.8. The van der Waals surface area contributed by atoms with Gasteiger partial charge in [-0.1, -0.05) is 54.1 Å². The van der Waals surface area contributed by atoms with Gasteiger partial charge in [0.25, 0.3) is 0 Å². The number of amides is 4. The first-order chi connectivity index (χ1) is 21.2. The molecule has 11 heteroatoms. The lowest BCUT2D eigenvalue weighted by Gasteiger charge is -2.38. The van der Waals surface area contributed by atoms with Gasteiger partial charge in [-0.25, -0.2) is 9.59 Å². The maximum absolute atomic E-state index is 14.4. The van der Waals surface area contributed by atoms with Crippen LogP contribution in [0.25, 0.3) is 0 Å². The minimum atomic E-state index is -1.43. The molecule has 11 nitrogen and oxygen atoms in total. The van der Waals surface area contributed by atoms with E-state index < -0.39 is 71.6 Å². The standard InChI is InChI=1S/C35H50N4O7/c1-21(2)39(31(42)26(20-28(36)40)38-33(44)46-35(8,9)10)29(25-17-16-22(3)18-23(25)4)30(41)37-27(32(43)45-34(5,6)7)19-24-14-12-11-13-15-24/h11-18,21,26-27,29H,19-20H2,1-10H3,(H2,36,40)(H,37,41)(H,38,44). The number of alkyl carbamates (subject to hydrolysis) is 1. The van der Waals surface area contributed by atoms with E-state index in [1.807, 2.05) is 56.3 Å². The molecule has 4 N–H and O–H groups in total. The molecule has 0 heterocycles. The summed E-state index contributed by atoms with van der Waals surface area (Å²) < 4.78 is 11.0. The van der Waals surface area contributed by atoms with E-state index in [2.05, 4.69) is 10.6 Å². The zero-order chi connectivity index (χ0) is 35.0. The fourth-order valence-corrected chi connectivity index (χ4v) is 4.93. The Hall–Kier alpha value is -4.41. The summed E-state index contributed by atoms with van der Waals surface area (Å²) in [6, 6.07) is 10.3. The van der Waals surface area contributed by atoms with Crippen molar-refractivity contribution in [3.63, 3.8) is 0 Å². The molecule has 0 aromatic heterocycles. The van der Waals surface area contributed by atoms with Crippen LogP contribution in [0.5, 0.6) is 0 Å². The highest BCUT2D eigenvalue weighted by molar-refractivity contribution is 5.96. The summed E-state index contributed by atoms with van der Waals surface area (Å²) in [7, 11) is 0. The Labute approximate surface area is 272 Å². The third-order valence-corrected chi connectivity index (χ3v) is 6.74. The van der Waals surface area contributed by atoms with Gasteiger partial charge in [-0.05, 0) is 85.9 Å². The van der Waals surface area contributed by atoms with Crippen LogP contribution in [-0.4, -0.2) is 64.0 Å². The summed E-state index contributed by atoms with van der Waals surface area (Å²) in [4.78, 5) is 68.3. The zero-order valence-electron chi connectivity index (χ0n) is 28.7. The average molecular weight is 639 g/mol. The molecule has 2 aromatic carbocycles. The molecule has 0 saturated carbocycles. The van der Waals surface area contributed by atoms with Crippen LogP contribution in [0.4, 0.5) is 4.79 Å². The lowest BCUT2D eigenvalue weighted by Crippen LogP contribution is -2.57. The Bertz CT molecular complexity index is 1390. The number of nitrogens with two attached hydrogens (primary N) is 1. The Morgan fingerprint density at radius 3 is 1.91 bits per heavy atom. The van der Waals surface area contributed by atoms with Gasteiger partial charge in [0.15, 0.2) is 0 Å². The molecule has 2 aromatic rings. The largest absolute Gasteiger partial charge is 0.458 e. The average Bonchev–Trinajstić information content (AvgIpc) is 2.89. The van der Waals surface area contributed by atoms with E-state index in [1.165, 1.54) is 4.90 Å². The number of ether oxygens (including phenoxy) is 2. The predicted molar refractivity (Wildman–Crippen MR) is 176 cm³/mol. The number of esters is 1. The van der Waals surface area contributed by atoms with Crippen molar-refractivity contribution in [1.82, 2.24) is 15.5 Å². The minimum Gasteiger partial charge on any atom is -0.458 e. The highest BCUT2D eigenvalue weighted by atomic mass is 16.6. The number of nitrogens with one attached hydrogen (secondary N) is 2. The Kier molecular flexibility index (Phi) is 12.9. The summed E-state index contributed by atoms with van der Waals surface area (Å²) in [5, 5.41) is 5.33. The molecule has 0 radical (unpaired) electrons. The number of primary amides is 1. The van der Waals surface area contributed by atoms with E-state index in [-0.39, 0.29) is 6.42 Å². The number of rotatable bonds is 12. The molecular weight excluding hydrogens is 588 g/mol. The summed E-state index contributed by atoms with van der Waals surface area (Å²) >= 11 is 0. The normalized spacial score (nSPS) is 13.6. The molecule has 0 aliphatic rings. The highest BCUT2D eigenvalue weighted by Crippen LogP contribution is 2.29. The molecular formula is C35H50N4O7. The van der Waals surface area contributed by atoms with E-state index in [9.17, 15) is 24.0 Å². The summed E-state index contributed by atoms with van der Waals surface area (Å²) in [6.45, 7) is 17.3. The summed E-state index contributed by atoms with van der Waals surface area (Å²) in [5.74, 6) is -2.84. The quantitative estimate of drug-likeness (QED) is 0.291. The van der Waals surface area contributed by atoms with Crippen LogP contribution in [0.2, 0.25) is 0 Å². The van der Waals surface area contributed by atoms with Crippen LogP contribution in [-0.2, 0) is 35.1 Å². The van der Waals surface area contributed by atoms with Gasteiger partial charge in [0.1, 0.15) is 29.3 Å². The predicted octanol–water partition coefficient (Wildman–Crippen LogP) is 4.42. The second kappa shape index (κ2) is 15.7. The van der Waals surface area contributed by atoms with Gasteiger partial charge in [-0.3, -0.25) is 14.4 Å². The van der Waals surface area contributed by atoms with Gasteiger partial charge in [0, 0.05) is 12.5 Å². The van der Waals surface area contributed by atoms with Crippen molar-refractivity contribution in [3.8, 4) is 0 Å². The van der Waals surface area contributed by atoms with Crippen molar-refractivity contribution >= 4 is 29.8 Å². The fourth-order valence-electron chi connectivity index (χ4n) is 4.93. The first-order valence-corrected chi connectivity index (χ1v) is 15.4. The zero-order valence-corrected chi connectivity index (χ0v) is 28.7. The molecule has 0 spiro atoms. The number of benzene rings is 2. The van der Waals surface area contributed by atoms with Gasteiger partial charge < -0.3 is 30.7 Å². The van der Waals surface area contributed by atoms with E-state index >= 15 is 0 Å². The maximum atomic E-state index is 14.4. The third kappa shape index (κ3) is 11.8. The molecule has 0 bridgehead atoms. The van der Waals surface area contributed by atoms with Crippen molar-refractivity contribution < 1.29 is 33.4 Å². The number of nitrogens with zero attached hydrogens (tertiary/aromatic N) is 1. The van der Waals surface area contributed by atoms with Crippen molar-refractivity contribution in [1.29, 1.82) is 0 Å². The minimum absolute atomic E-state index is 0.140. The Morgan fingerprint density at radius 1 is 0.826 bits per heavy atom. The number of hydrogen-bond donors (Lipinski definition) is 3. The van der Waals surface area contributed by atoms with Gasteiger partial charge in [0.2, 0.25) is 17.7 Å². The molecule has 3 unspecified atom stereocenters. The van der Waals surface area contributed by atoms with Crippen molar-refractivity contribution in [2.24, 2.45) is 5.73 Å². The van der Waals surface area contributed by atoms with Crippen molar-refractivity contribution in [3.05, 3.63) is 70.8 Å². The number of carbonyl (C=O) groups excluding carboxylic acids is 5. The van der Waals surface area contributed by atoms with Crippen LogP contribution in [0.1, 0.15) is 90.1 Å². The molecule has 4 amide bonds. The number of carbonyl (C=O) groups is 5. The molecule has 0 fully saturated rings. The topological polar surface area (TPSA) is 157 Å². The molecule has 252 valence electrons. The van der Waals surface area contributed by atoms with Gasteiger partial charge in [-0.15, -0.1) is 0 Å². The van der Waals surface area contributed by atoms with Gasteiger partial charge in [-0.2, -0.15) is 0 Å². The molecule has 3 atom stereocenters. The Morgan fingerprint density at radius 2 is 1.41 bits per heavy atom. The second-order valence-electron chi connectivity index (χ2n) is 13.8. The third-order valence-electron chi connectivity index (χ3n) is 6.74. The fraction of sp³-hybridized carbons (Fsp3) is 0.514. The Balaban J connectivity index is 2.65. The van der Waals surface area contributed by atoms with E-state index in [0.717, 1.165) is 16.7 Å². The molecule has 2 rings (SSSR count). The molecule has 0 saturated heterocycles. The maximum Gasteiger partial charge on any atom is 0.408 e. The molecule has 0 aliphatic carbocycles. The lowest BCUT2D eigenvalue weighted by molar-refractivity contribution is -0.159. The smallest absolute Gasteiger partial charge is 0.408 e. The van der Waals surface area contributed by atoms with Crippen molar-refractivity contribution in [2.45, 2.75) is 117 Å². The monoisotopic (exact) mass is 638 g/mol. The van der Waals surface area contributed by atoms with Crippen molar-refractivity contribution in [2.75, 3.05) is 0 Å². The van der Waals surface area contributed by atoms with E-state index in [1.54, 1.807) is 61.5 Å².